The molecule has 1 aromatic heterocycles. The summed E-state index contributed by atoms with van der Waals surface area (Å²) in [5.41, 5.74) is 1.14. The largest absolute Gasteiger partial charge is 0.396 e. The van der Waals surface area contributed by atoms with Gasteiger partial charge in [-0.3, -0.25) is 4.68 Å². The van der Waals surface area contributed by atoms with Crippen molar-refractivity contribution in [3.8, 4) is 0 Å². The van der Waals surface area contributed by atoms with E-state index in [-0.39, 0.29) is 6.61 Å². The Kier molecular flexibility index (Phi) is 4.72. The number of aliphatic hydroxyl groups is 1. The highest BCUT2D eigenvalue weighted by molar-refractivity contribution is 7.98. The molecule has 1 N–H and O–H groups in total. The van der Waals surface area contributed by atoms with Crippen LogP contribution >= 0.6 is 11.8 Å². The van der Waals surface area contributed by atoms with Gasteiger partial charge in [0.25, 0.3) is 0 Å². The standard InChI is InChI=1S/C12H20N2OS/c15-8-9-16-10-11-6-7-14(13-11)12-4-2-1-3-5-12/h6-7,12,15H,1-5,8-10H2. The van der Waals surface area contributed by atoms with Gasteiger partial charge in [0.1, 0.15) is 0 Å². The Morgan fingerprint density at radius 1 is 1.38 bits per heavy atom. The summed E-state index contributed by atoms with van der Waals surface area (Å²) < 4.78 is 2.15. The van der Waals surface area contributed by atoms with E-state index in [1.807, 2.05) is 0 Å². The number of thioether (sulfide) groups is 1. The highest BCUT2D eigenvalue weighted by Crippen LogP contribution is 2.27. The summed E-state index contributed by atoms with van der Waals surface area (Å²) in [6.45, 7) is 0.258. The molecular formula is C12H20N2OS. The van der Waals surface area contributed by atoms with Gasteiger partial charge >= 0.3 is 0 Å². The van der Waals surface area contributed by atoms with Crippen molar-refractivity contribution in [2.45, 2.75) is 43.9 Å². The quantitative estimate of drug-likeness (QED) is 0.804. The molecule has 0 aliphatic heterocycles. The summed E-state index contributed by atoms with van der Waals surface area (Å²) in [7, 11) is 0. The molecule has 0 unspecified atom stereocenters. The lowest BCUT2D eigenvalue weighted by molar-refractivity contribution is 0.322. The Morgan fingerprint density at radius 2 is 2.19 bits per heavy atom. The molecule has 0 bridgehead atoms. The Hall–Kier alpha value is -0.480. The van der Waals surface area contributed by atoms with Gasteiger partial charge in [-0.25, -0.2) is 0 Å². The molecule has 90 valence electrons. The summed E-state index contributed by atoms with van der Waals surface area (Å²) >= 11 is 1.74. The first-order chi connectivity index (χ1) is 7.90. The maximum atomic E-state index is 8.71. The van der Waals surface area contributed by atoms with Gasteiger partial charge in [0, 0.05) is 17.7 Å². The minimum absolute atomic E-state index is 0.258. The summed E-state index contributed by atoms with van der Waals surface area (Å²) in [5.74, 6) is 1.72. The van der Waals surface area contributed by atoms with Crippen LogP contribution in [0, 0.1) is 0 Å². The maximum absolute atomic E-state index is 8.71. The van der Waals surface area contributed by atoms with Gasteiger partial charge in [0.15, 0.2) is 0 Å². The second-order valence-corrected chi connectivity index (χ2v) is 5.46. The number of hydrogen-bond acceptors (Lipinski definition) is 3. The molecule has 1 aliphatic carbocycles. The fraction of sp³-hybridized carbons (Fsp3) is 0.750. The van der Waals surface area contributed by atoms with E-state index in [1.165, 1.54) is 32.1 Å². The maximum Gasteiger partial charge on any atom is 0.0723 e. The zero-order chi connectivity index (χ0) is 11.2. The zero-order valence-electron chi connectivity index (χ0n) is 9.64. The number of nitrogens with zero attached hydrogens (tertiary/aromatic N) is 2. The number of aliphatic hydroxyl groups excluding tert-OH is 1. The molecule has 16 heavy (non-hydrogen) atoms. The van der Waals surface area contributed by atoms with Crippen molar-refractivity contribution in [2.24, 2.45) is 0 Å². The van der Waals surface area contributed by atoms with Crippen LogP contribution in [0.15, 0.2) is 12.3 Å². The van der Waals surface area contributed by atoms with Crippen molar-refractivity contribution in [2.75, 3.05) is 12.4 Å². The lowest BCUT2D eigenvalue weighted by Crippen LogP contribution is -2.13. The summed E-state index contributed by atoms with van der Waals surface area (Å²) in [6.07, 6.45) is 8.76. The first kappa shape index (κ1) is 12.0. The van der Waals surface area contributed by atoms with Crippen LogP contribution in [0.4, 0.5) is 0 Å². The van der Waals surface area contributed by atoms with Gasteiger partial charge in [-0.2, -0.15) is 16.9 Å². The topological polar surface area (TPSA) is 38.0 Å². The zero-order valence-corrected chi connectivity index (χ0v) is 10.5. The number of hydrogen-bond donors (Lipinski definition) is 1. The van der Waals surface area contributed by atoms with Gasteiger partial charge in [-0.1, -0.05) is 19.3 Å². The Bertz CT molecular complexity index is 308. The lowest BCUT2D eigenvalue weighted by Gasteiger charge is -2.21. The highest BCUT2D eigenvalue weighted by Gasteiger charge is 2.15. The predicted octanol–water partition coefficient (Wildman–Crippen LogP) is 2.61. The molecule has 4 heteroatoms. The first-order valence-electron chi connectivity index (χ1n) is 6.13. The molecule has 0 atom stereocenters. The van der Waals surface area contributed by atoms with Gasteiger partial charge in [0.05, 0.1) is 18.3 Å². The van der Waals surface area contributed by atoms with E-state index in [0.29, 0.717) is 6.04 Å². The van der Waals surface area contributed by atoms with Crippen molar-refractivity contribution < 1.29 is 5.11 Å². The molecule has 1 aliphatic rings. The van der Waals surface area contributed by atoms with Gasteiger partial charge in [0.2, 0.25) is 0 Å². The van der Waals surface area contributed by atoms with Crippen LogP contribution < -0.4 is 0 Å². The molecule has 0 amide bonds. The average molecular weight is 240 g/mol. The Balaban J connectivity index is 1.85. The minimum Gasteiger partial charge on any atom is -0.396 e. The van der Waals surface area contributed by atoms with Crippen LogP contribution in [0.5, 0.6) is 0 Å². The van der Waals surface area contributed by atoms with Crippen LogP contribution in [0.25, 0.3) is 0 Å². The average Bonchev–Trinajstić information content (AvgIpc) is 2.79. The molecule has 3 nitrogen and oxygen atoms in total. The van der Waals surface area contributed by atoms with E-state index < -0.39 is 0 Å². The van der Waals surface area contributed by atoms with Crippen molar-refractivity contribution in [1.82, 2.24) is 9.78 Å². The molecule has 1 aromatic rings. The fourth-order valence-corrected chi connectivity index (χ4v) is 2.88. The molecule has 1 saturated carbocycles. The van der Waals surface area contributed by atoms with Crippen molar-refractivity contribution in [3.63, 3.8) is 0 Å². The third-order valence-electron chi connectivity index (χ3n) is 3.10. The third kappa shape index (κ3) is 3.25. The van der Waals surface area contributed by atoms with Gasteiger partial charge in [-0.05, 0) is 18.9 Å². The Labute approximate surface area is 101 Å². The van der Waals surface area contributed by atoms with E-state index in [4.69, 9.17) is 5.11 Å². The van der Waals surface area contributed by atoms with E-state index in [1.54, 1.807) is 11.8 Å². The number of rotatable bonds is 5. The highest BCUT2D eigenvalue weighted by atomic mass is 32.2. The lowest BCUT2D eigenvalue weighted by atomic mass is 9.96. The summed E-state index contributed by atoms with van der Waals surface area (Å²) in [4.78, 5) is 0. The van der Waals surface area contributed by atoms with Crippen molar-refractivity contribution in [3.05, 3.63) is 18.0 Å². The van der Waals surface area contributed by atoms with E-state index in [0.717, 1.165) is 17.2 Å². The smallest absolute Gasteiger partial charge is 0.0723 e. The van der Waals surface area contributed by atoms with Crippen LogP contribution in [0.1, 0.15) is 43.8 Å². The molecule has 0 radical (unpaired) electrons. The van der Waals surface area contributed by atoms with Crippen LogP contribution in [0.3, 0.4) is 0 Å². The third-order valence-corrected chi connectivity index (χ3v) is 4.07. The SMILES string of the molecule is OCCSCc1ccn(C2CCCCC2)n1. The molecule has 0 spiro atoms. The van der Waals surface area contributed by atoms with Crippen LogP contribution in [0.2, 0.25) is 0 Å². The van der Waals surface area contributed by atoms with Gasteiger partial charge in [-0.15, -0.1) is 0 Å². The van der Waals surface area contributed by atoms with Crippen LogP contribution in [-0.4, -0.2) is 27.2 Å². The summed E-state index contributed by atoms with van der Waals surface area (Å²) in [6, 6.07) is 2.74. The molecule has 2 rings (SSSR count). The first-order valence-corrected chi connectivity index (χ1v) is 7.28. The van der Waals surface area contributed by atoms with Crippen molar-refractivity contribution >= 4 is 11.8 Å². The Morgan fingerprint density at radius 3 is 2.94 bits per heavy atom. The van der Waals surface area contributed by atoms with Crippen LogP contribution in [-0.2, 0) is 5.75 Å². The second kappa shape index (κ2) is 6.30. The van der Waals surface area contributed by atoms with Crippen molar-refractivity contribution in [1.29, 1.82) is 0 Å². The van der Waals surface area contributed by atoms with E-state index in [2.05, 4.69) is 22.0 Å². The predicted molar refractivity (Wildman–Crippen MR) is 67.6 cm³/mol. The summed E-state index contributed by atoms with van der Waals surface area (Å²) in [5, 5.41) is 13.3. The van der Waals surface area contributed by atoms with Gasteiger partial charge < -0.3 is 5.11 Å². The van der Waals surface area contributed by atoms with E-state index in [9.17, 15) is 0 Å². The molecule has 1 heterocycles. The normalized spacial score (nSPS) is 17.8. The fourth-order valence-electron chi connectivity index (χ4n) is 2.24. The number of aromatic nitrogens is 2. The molecule has 1 fully saturated rings. The molecular weight excluding hydrogens is 220 g/mol. The molecule has 0 saturated heterocycles. The van der Waals surface area contributed by atoms with E-state index >= 15 is 0 Å². The molecule has 0 aromatic carbocycles. The second-order valence-electron chi connectivity index (χ2n) is 4.36. The monoisotopic (exact) mass is 240 g/mol. The minimum atomic E-state index is 0.258.